The molecule has 3 rings (SSSR count). The van der Waals surface area contributed by atoms with Crippen molar-refractivity contribution in [2.75, 3.05) is 0 Å². The van der Waals surface area contributed by atoms with E-state index in [1.165, 1.54) is 6.21 Å². The first-order chi connectivity index (χ1) is 10.6. The highest BCUT2D eigenvalue weighted by Gasteiger charge is 2.08. The second-order valence-corrected chi connectivity index (χ2v) is 4.74. The van der Waals surface area contributed by atoms with Gasteiger partial charge in [-0.2, -0.15) is 5.10 Å². The first kappa shape index (κ1) is 13.7. The van der Waals surface area contributed by atoms with E-state index in [0.717, 1.165) is 5.56 Å². The van der Waals surface area contributed by atoms with Gasteiger partial charge in [0, 0.05) is 16.8 Å². The normalized spacial score (nSPS) is 11.1. The molecule has 1 aromatic heterocycles. The lowest BCUT2D eigenvalue weighted by Gasteiger charge is -2.00. The summed E-state index contributed by atoms with van der Waals surface area (Å²) in [6.45, 7) is 1.95. The van der Waals surface area contributed by atoms with E-state index >= 15 is 0 Å². The number of nitrogens with zero attached hydrogens (tertiary/aromatic N) is 3. The molecule has 0 aliphatic rings. The fourth-order valence-corrected chi connectivity index (χ4v) is 1.91. The number of benzene rings is 2. The van der Waals surface area contributed by atoms with Gasteiger partial charge in [-0.25, -0.2) is 5.43 Å². The zero-order chi connectivity index (χ0) is 15.5. The maximum atomic E-state index is 11.9. The zero-order valence-electron chi connectivity index (χ0n) is 11.7. The number of rotatable bonds is 3. The van der Waals surface area contributed by atoms with Crippen molar-refractivity contribution in [1.29, 1.82) is 0 Å². The first-order valence-corrected chi connectivity index (χ1v) is 6.53. The molecule has 0 aliphatic carbocycles. The van der Waals surface area contributed by atoms with Crippen LogP contribution in [0.1, 0.15) is 21.5 Å². The summed E-state index contributed by atoms with van der Waals surface area (Å²) in [4.78, 5) is 12.2. The highest BCUT2D eigenvalue weighted by molar-refractivity contribution is 5.95. The second-order valence-electron chi connectivity index (χ2n) is 4.74. The molecule has 7 heteroatoms. The second kappa shape index (κ2) is 5.65. The molecule has 1 N–H and O–H groups in total. The fraction of sp³-hybridized carbons (Fsp3) is 0.0667. The van der Waals surface area contributed by atoms with Crippen molar-refractivity contribution >= 4 is 23.2 Å². The summed E-state index contributed by atoms with van der Waals surface area (Å²) in [6, 6.07) is 12.1. The van der Waals surface area contributed by atoms with Gasteiger partial charge in [-0.1, -0.05) is 17.7 Å². The number of carbonyl (C=O) groups is 1. The molecule has 0 saturated heterocycles. The Kier molecular flexibility index (Phi) is 3.53. The van der Waals surface area contributed by atoms with Gasteiger partial charge in [-0.05, 0) is 41.7 Å². The predicted octanol–water partition coefficient (Wildman–Crippen LogP) is 1.53. The van der Waals surface area contributed by atoms with Crippen molar-refractivity contribution < 1.29 is 14.3 Å². The minimum atomic E-state index is -0.295. The Morgan fingerprint density at radius 2 is 2.09 bits per heavy atom. The summed E-state index contributed by atoms with van der Waals surface area (Å²) in [7, 11) is 0. The van der Waals surface area contributed by atoms with E-state index in [9.17, 15) is 10.0 Å². The van der Waals surface area contributed by atoms with Crippen molar-refractivity contribution in [2.45, 2.75) is 6.92 Å². The van der Waals surface area contributed by atoms with Crippen LogP contribution in [0.4, 0.5) is 0 Å². The van der Waals surface area contributed by atoms with Crippen molar-refractivity contribution in [1.82, 2.24) is 10.6 Å². The third kappa shape index (κ3) is 2.78. The molecule has 0 aliphatic heterocycles. The van der Waals surface area contributed by atoms with Gasteiger partial charge < -0.3 is 5.21 Å². The number of amides is 1. The van der Waals surface area contributed by atoms with Gasteiger partial charge in [-0.3, -0.25) is 9.42 Å². The maximum Gasteiger partial charge on any atom is 0.271 e. The van der Waals surface area contributed by atoms with Crippen molar-refractivity contribution in [3.63, 3.8) is 0 Å². The van der Waals surface area contributed by atoms with Crippen LogP contribution in [0, 0.1) is 12.1 Å². The number of hydrazone groups is 1. The van der Waals surface area contributed by atoms with Crippen LogP contribution in [-0.2, 0) is 0 Å². The molecule has 0 unspecified atom stereocenters. The van der Waals surface area contributed by atoms with Gasteiger partial charge in [0.2, 0.25) is 11.0 Å². The monoisotopic (exact) mass is 296 g/mol. The van der Waals surface area contributed by atoms with Crippen LogP contribution in [-0.4, -0.2) is 17.3 Å². The standard InChI is InChI=1S/C15H12N4O3/c1-10-2-5-12(6-3-10)15(20)17-16-9-11-4-7-14-13(8-11)18-22-19(14)21/h2-9H,1H3,(H,17,20)/b16-9+. The van der Waals surface area contributed by atoms with Gasteiger partial charge >= 0.3 is 0 Å². The van der Waals surface area contributed by atoms with Crippen LogP contribution in [0.5, 0.6) is 0 Å². The lowest BCUT2D eigenvalue weighted by Crippen LogP contribution is -2.22. The van der Waals surface area contributed by atoms with Gasteiger partial charge in [0.15, 0.2) is 0 Å². The Bertz CT molecular complexity index is 853. The quantitative estimate of drug-likeness (QED) is 0.450. The van der Waals surface area contributed by atoms with E-state index in [0.29, 0.717) is 27.1 Å². The molecule has 0 spiro atoms. The molecule has 0 fully saturated rings. The molecule has 7 nitrogen and oxygen atoms in total. The Labute approximate surface area is 125 Å². The zero-order valence-corrected chi connectivity index (χ0v) is 11.7. The SMILES string of the molecule is Cc1ccc(C(=O)N/N=C/c2ccc3c(c2)no[n+]3[O-])cc1. The Balaban J connectivity index is 1.70. The third-order valence-corrected chi connectivity index (χ3v) is 3.10. The topological polar surface area (TPSA) is 94.4 Å². The summed E-state index contributed by atoms with van der Waals surface area (Å²) in [6.07, 6.45) is 1.47. The van der Waals surface area contributed by atoms with Crippen LogP contribution in [0.25, 0.3) is 11.0 Å². The molecule has 0 radical (unpaired) electrons. The number of carbonyl (C=O) groups excluding carboxylic acids is 1. The molecule has 22 heavy (non-hydrogen) atoms. The molecule has 1 amide bonds. The van der Waals surface area contributed by atoms with Crippen molar-refractivity contribution in [3.8, 4) is 0 Å². The molecule has 2 aromatic carbocycles. The fourth-order valence-electron chi connectivity index (χ4n) is 1.91. The minimum absolute atomic E-state index is 0.295. The maximum absolute atomic E-state index is 11.9. The molecular weight excluding hydrogens is 284 g/mol. The minimum Gasteiger partial charge on any atom is -0.359 e. The molecular formula is C15H12N4O3. The van der Waals surface area contributed by atoms with Crippen LogP contribution in [0.3, 0.4) is 0 Å². The molecule has 110 valence electrons. The molecule has 1 heterocycles. The first-order valence-electron chi connectivity index (χ1n) is 6.53. The molecule has 0 bridgehead atoms. The number of hydrogen-bond donors (Lipinski definition) is 1. The summed E-state index contributed by atoms with van der Waals surface area (Å²) < 4.78 is 4.48. The van der Waals surface area contributed by atoms with E-state index in [-0.39, 0.29) is 5.91 Å². The lowest BCUT2D eigenvalue weighted by atomic mass is 10.1. The van der Waals surface area contributed by atoms with Gasteiger partial charge in [0.1, 0.15) is 0 Å². The van der Waals surface area contributed by atoms with E-state index < -0.39 is 0 Å². The number of aromatic nitrogens is 2. The number of fused-ring (bicyclic) bond motifs is 1. The lowest BCUT2D eigenvalue weighted by molar-refractivity contribution is -0.782. The van der Waals surface area contributed by atoms with Gasteiger partial charge in [0.25, 0.3) is 5.91 Å². The summed E-state index contributed by atoms with van der Waals surface area (Å²) >= 11 is 0. The highest BCUT2D eigenvalue weighted by atomic mass is 16.8. The highest BCUT2D eigenvalue weighted by Crippen LogP contribution is 2.08. The Hall–Kier alpha value is -3.22. The molecule has 3 aromatic rings. The number of nitrogens with one attached hydrogen (secondary N) is 1. The third-order valence-electron chi connectivity index (χ3n) is 3.10. The van der Waals surface area contributed by atoms with E-state index in [1.807, 2.05) is 19.1 Å². The molecule has 0 atom stereocenters. The summed E-state index contributed by atoms with van der Waals surface area (Å²) in [5.41, 5.74) is 5.49. The van der Waals surface area contributed by atoms with Gasteiger partial charge in [0.05, 0.1) is 6.21 Å². The van der Waals surface area contributed by atoms with E-state index in [4.69, 9.17) is 0 Å². The summed E-state index contributed by atoms with van der Waals surface area (Å²) in [5, 5.41) is 18.7. The van der Waals surface area contributed by atoms with E-state index in [2.05, 4.69) is 20.3 Å². The summed E-state index contributed by atoms with van der Waals surface area (Å²) in [5.74, 6) is -0.295. The largest absolute Gasteiger partial charge is 0.359 e. The predicted molar refractivity (Wildman–Crippen MR) is 79.2 cm³/mol. The van der Waals surface area contributed by atoms with Crippen LogP contribution in [0.15, 0.2) is 52.2 Å². The average molecular weight is 296 g/mol. The number of aryl methyl sites for hydroxylation is 1. The van der Waals surface area contributed by atoms with Crippen LogP contribution in [0.2, 0.25) is 0 Å². The van der Waals surface area contributed by atoms with Crippen LogP contribution < -0.4 is 10.3 Å². The van der Waals surface area contributed by atoms with Crippen molar-refractivity contribution in [3.05, 3.63) is 64.4 Å². The van der Waals surface area contributed by atoms with Crippen LogP contribution >= 0.6 is 0 Å². The Morgan fingerprint density at radius 3 is 2.86 bits per heavy atom. The van der Waals surface area contributed by atoms with E-state index in [1.54, 1.807) is 30.3 Å². The molecule has 0 saturated carbocycles. The Morgan fingerprint density at radius 1 is 1.32 bits per heavy atom. The average Bonchev–Trinajstić information content (AvgIpc) is 2.89. The smallest absolute Gasteiger partial charge is 0.271 e. The van der Waals surface area contributed by atoms with Gasteiger partial charge in [-0.15, -0.1) is 0 Å². The number of hydrogen-bond acceptors (Lipinski definition) is 5. The van der Waals surface area contributed by atoms with Crippen molar-refractivity contribution in [2.24, 2.45) is 5.10 Å².